The first-order chi connectivity index (χ1) is 9.95. The molecule has 1 unspecified atom stereocenters. The molecule has 0 saturated carbocycles. The van der Waals surface area contributed by atoms with Gasteiger partial charge in [0.05, 0.1) is 5.25 Å². The van der Waals surface area contributed by atoms with Crippen LogP contribution in [-0.2, 0) is 5.75 Å². The van der Waals surface area contributed by atoms with Gasteiger partial charge in [0.15, 0.2) is 5.78 Å². The average Bonchev–Trinajstić information content (AvgIpc) is 2.44. The third kappa shape index (κ3) is 4.43. The fraction of sp³-hybridized carbons (Fsp3) is 0.278. The van der Waals surface area contributed by atoms with Gasteiger partial charge < -0.3 is 0 Å². The predicted molar refractivity (Wildman–Crippen MR) is 87.4 cm³/mol. The molecule has 3 heteroatoms. The van der Waals surface area contributed by atoms with Crippen molar-refractivity contribution in [2.45, 2.75) is 31.8 Å². The molecular formula is C18H19FOS. The number of ketones is 1. The SMILES string of the molecule is Cc1cc(C)cc(CSC(C)C(=O)c2ccc(F)cc2)c1. The van der Waals surface area contributed by atoms with Gasteiger partial charge in [-0.3, -0.25) is 4.79 Å². The van der Waals surface area contributed by atoms with Crippen LogP contribution in [0.15, 0.2) is 42.5 Å². The van der Waals surface area contributed by atoms with Crippen molar-refractivity contribution < 1.29 is 9.18 Å². The number of thioether (sulfide) groups is 1. The molecule has 1 atom stereocenters. The smallest absolute Gasteiger partial charge is 0.175 e. The van der Waals surface area contributed by atoms with Crippen LogP contribution < -0.4 is 0 Å². The summed E-state index contributed by atoms with van der Waals surface area (Å²) in [5, 5.41) is -0.142. The van der Waals surface area contributed by atoms with Crippen molar-refractivity contribution in [3.05, 3.63) is 70.5 Å². The van der Waals surface area contributed by atoms with Gasteiger partial charge in [0.1, 0.15) is 5.82 Å². The summed E-state index contributed by atoms with van der Waals surface area (Å²) in [7, 11) is 0. The van der Waals surface area contributed by atoms with Crippen LogP contribution >= 0.6 is 11.8 Å². The molecule has 0 fully saturated rings. The van der Waals surface area contributed by atoms with Crippen LogP contribution in [0.3, 0.4) is 0 Å². The van der Waals surface area contributed by atoms with Gasteiger partial charge in [-0.15, -0.1) is 11.8 Å². The fourth-order valence-corrected chi connectivity index (χ4v) is 3.19. The van der Waals surface area contributed by atoms with Gasteiger partial charge in [-0.25, -0.2) is 4.39 Å². The lowest BCUT2D eigenvalue weighted by Crippen LogP contribution is -2.13. The van der Waals surface area contributed by atoms with Crippen LogP contribution in [0.4, 0.5) is 4.39 Å². The summed E-state index contributed by atoms with van der Waals surface area (Å²) < 4.78 is 12.9. The van der Waals surface area contributed by atoms with E-state index in [4.69, 9.17) is 0 Å². The molecule has 0 aliphatic carbocycles. The van der Waals surface area contributed by atoms with Gasteiger partial charge in [0, 0.05) is 11.3 Å². The molecule has 0 saturated heterocycles. The summed E-state index contributed by atoms with van der Waals surface area (Å²) in [4.78, 5) is 12.3. The Kier molecular flexibility index (Phi) is 5.18. The highest BCUT2D eigenvalue weighted by atomic mass is 32.2. The van der Waals surface area contributed by atoms with Gasteiger partial charge in [0.25, 0.3) is 0 Å². The topological polar surface area (TPSA) is 17.1 Å². The lowest BCUT2D eigenvalue weighted by atomic mass is 10.1. The first-order valence-corrected chi connectivity index (χ1v) is 7.99. The van der Waals surface area contributed by atoms with E-state index in [1.54, 1.807) is 23.9 Å². The lowest BCUT2D eigenvalue weighted by Gasteiger charge is -2.11. The molecular weight excluding hydrogens is 283 g/mol. The van der Waals surface area contributed by atoms with Crippen molar-refractivity contribution in [2.75, 3.05) is 0 Å². The summed E-state index contributed by atoms with van der Waals surface area (Å²) >= 11 is 1.61. The second-order valence-corrected chi connectivity index (χ2v) is 6.65. The van der Waals surface area contributed by atoms with E-state index in [0.29, 0.717) is 5.56 Å². The maximum Gasteiger partial charge on any atom is 0.175 e. The number of Topliss-reactive ketones (excluding diaryl/α,β-unsaturated/α-hetero) is 1. The number of rotatable bonds is 5. The lowest BCUT2D eigenvalue weighted by molar-refractivity contribution is 0.0994. The molecule has 110 valence electrons. The van der Waals surface area contributed by atoms with E-state index in [-0.39, 0.29) is 16.9 Å². The largest absolute Gasteiger partial charge is 0.293 e. The Morgan fingerprint density at radius 2 is 1.67 bits per heavy atom. The monoisotopic (exact) mass is 302 g/mol. The first-order valence-electron chi connectivity index (χ1n) is 6.94. The van der Waals surface area contributed by atoms with Gasteiger partial charge in [-0.05, 0) is 50.6 Å². The molecule has 2 aromatic rings. The van der Waals surface area contributed by atoms with Crippen LogP contribution in [0.1, 0.15) is 34.0 Å². The number of halogens is 1. The van der Waals surface area contributed by atoms with Crippen molar-refractivity contribution in [3.8, 4) is 0 Å². The van der Waals surface area contributed by atoms with E-state index in [1.807, 2.05) is 6.92 Å². The Hall–Kier alpha value is -1.61. The Bertz CT molecular complexity index is 614. The van der Waals surface area contributed by atoms with E-state index in [0.717, 1.165) is 5.75 Å². The zero-order valence-electron chi connectivity index (χ0n) is 12.5. The van der Waals surface area contributed by atoms with Gasteiger partial charge >= 0.3 is 0 Å². The molecule has 2 rings (SSSR count). The molecule has 0 N–H and O–H groups in total. The van der Waals surface area contributed by atoms with Crippen molar-refractivity contribution in [3.63, 3.8) is 0 Å². The number of carbonyl (C=O) groups is 1. The second kappa shape index (κ2) is 6.90. The Labute approximate surface area is 129 Å². The Morgan fingerprint density at radius 3 is 2.24 bits per heavy atom. The van der Waals surface area contributed by atoms with Crippen LogP contribution in [-0.4, -0.2) is 11.0 Å². The summed E-state index contributed by atoms with van der Waals surface area (Å²) in [6.45, 7) is 6.06. The van der Waals surface area contributed by atoms with E-state index < -0.39 is 0 Å². The maximum atomic E-state index is 12.9. The standard InChI is InChI=1S/C18H19FOS/c1-12-8-13(2)10-15(9-12)11-21-14(3)18(20)16-4-6-17(19)7-5-16/h4-10,14H,11H2,1-3H3. The normalized spacial score (nSPS) is 12.2. The van der Waals surface area contributed by atoms with Crippen molar-refractivity contribution in [2.24, 2.45) is 0 Å². The van der Waals surface area contributed by atoms with Crippen LogP contribution in [0, 0.1) is 19.7 Å². The third-order valence-corrected chi connectivity index (χ3v) is 4.49. The highest BCUT2D eigenvalue weighted by molar-refractivity contribution is 7.99. The summed E-state index contributed by atoms with van der Waals surface area (Å²) in [6.07, 6.45) is 0. The van der Waals surface area contributed by atoms with E-state index in [9.17, 15) is 9.18 Å². The zero-order chi connectivity index (χ0) is 15.4. The Morgan fingerprint density at radius 1 is 1.10 bits per heavy atom. The fourth-order valence-electron chi connectivity index (χ4n) is 2.30. The average molecular weight is 302 g/mol. The molecule has 21 heavy (non-hydrogen) atoms. The number of hydrogen-bond acceptors (Lipinski definition) is 2. The molecule has 0 spiro atoms. The molecule has 0 aliphatic rings. The third-order valence-electron chi connectivity index (χ3n) is 3.28. The minimum Gasteiger partial charge on any atom is -0.293 e. The zero-order valence-corrected chi connectivity index (χ0v) is 13.3. The molecule has 0 aliphatic heterocycles. The number of benzene rings is 2. The maximum absolute atomic E-state index is 12.9. The molecule has 0 amide bonds. The summed E-state index contributed by atoms with van der Waals surface area (Å²) in [5.74, 6) is 0.530. The molecule has 2 aromatic carbocycles. The quantitative estimate of drug-likeness (QED) is 0.727. The minimum absolute atomic E-state index is 0.0457. The van der Waals surface area contributed by atoms with Gasteiger partial charge in [-0.2, -0.15) is 0 Å². The minimum atomic E-state index is -0.318. The van der Waals surface area contributed by atoms with Crippen LogP contribution in [0.25, 0.3) is 0 Å². The number of aryl methyl sites for hydroxylation is 2. The number of carbonyl (C=O) groups excluding carboxylic acids is 1. The second-order valence-electron chi connectivity index (χ2n) is 5.32. The van der Waals surface area contributed by atoms with E-state index in [1.165, 1.54) is 28.8 Å². The van der Waals surface area contributed by atoms with Gasteiger partial charge in [-0.1, -0.05) is 29.3 Å². The molecule has 1 nitrogen and oxygen atoms in total. The van der Waals surface area contributed by atoms with Crippen molar-refractivity contribution >= 4 is 17.5 Å². The molecule has 0 heterocycles. The predicted octanol–water partition coefficient (Wildman–Crippen LogP) is 4.95. The highest BCUT2D eigenvalue weighted by Crippen LogP contribution is 2.22. The molecule has 0 bridgehead atoms. The Balaban J connectivity index is 1.99. The van der Waals surface area contributed by atoms with Gasteiger partial charge in [0.2, 0.25) is 0 Å². The first kappa shape index (κ1) is 15.8. The van der Waals surface area contributed by atoms with E-state index >= 15 is 0 Å². The molecule has 0 radical (unpaired) electrons. The summed E-state index contributed by atoms with van der Waals surface area (Å²) in [5.41, 5.74) is 4.28. The highest BCUT2D eigenvalue weighted by Gasteiger charge is 2.15. The summed E-state index contributed by atoms with van der Waals surface area (Å²) in [6, 6.07) is 12.2. The van der Waals surface area contributed by atoms with Crippen molar-refractivity contribution in [1.82, 2.24) is 0 Å². The molecule has 0 aromatic heterocycles. The van der Waals surface area contributed by atoms with Crippen LogP contribution in [0.5, 0.6) is 0 Å². The van der Waals surface area contributed by atoms with E-state index in [2.05, 4.69) is 32.0 Å². The van der Waals surface area contributed by atoms with Crippen LogP contribution in [0.2, 0.25) is 0 Å². The number of hydrogen-bond donors (Lipinski definition) is 0. The van der Waals surface area contributed by atoms with Crippen molar-refractivity contribution in [1.29, 1.82) is 0 Å².